The molecule has 1 unspecified atom stereocenters. The van der Waals surface area contributed by atoms with Crippen molar-refractivity contribution >= 4 is 21.4 Å². The molecule has 2 aromatic carbocycles. The van der Waals surface area contributed by atoms with Gasteiger partial charge >= 0.3 is 0 Å². The van der Waals surface area contributed by atoms with Gasteiger partial charge in [-0.15, -0.1) is 0 Å². The topological polar surface area (TPSA) is 81.1 Å². The molecule has 31 heavy (non-hydrogen) atoms. The fourth-order valence-electron chi connectivity index (χ4n) is 4.11. The Labute approximate surface area is 183 Å². The summed E-state index contributed by atoms with van der Waals surface area (Å²) >= 11 is 0. The summed E-state index contributed by atoms with van der Waals surface area (Å²) in [6, 6.07) is 13.4. The maximum Gasteiger partial charge on any atom is 0.276 e. The van der Waals surface area contributed by atoms with Gasteiger partial charge in [-0.1, -0.05) is 18.2 Å². The van der Waals surface area contributed by atoms with E-state index in [9.17, 15) is 13.2 Å². The van der Waals surface area contributed by atoms with E-state index in [1.54, 1.807) is 10.7 Å². The third-order valence-corrected chi connectivity index (χ3v) is 7.56. The van der Waals surface area contributed by atoms with Crippen molar-refractivity contribution in [2.24, 2.45) is 0 Å². The minimum Gasteiger partial charge on any atom is -0.321 e. The highest BCUT2D eigenvalue weighted by molar-refractivity contribution is 7.91. The lowest BCUT2D eigenvalue weighted by Crippen LogP contribution is -2.16. The van der Waals surface area contributed by atoms with E-state index in [4.69, 9.17) is 0 Å². The Morgan fingerprint density at radius 1 is 1.00 bits per heavy atom. The average Bonchev–Trinajstić information content (AvgIpc) is 3.26. The van der Waals surface area contributed by atoms with E-state index in [1.165, 1.54) is 5.56 Å². The van der Waals surface area contributed by atoms with Crippen molar-refractivity contribution in [3.63, 3.8) is 0 Å². The molecule has 0 saturated carbocycles. The van der Waals surface area contributed by atoms with Crippen LogP contribution in [-0.4, -0.2) is 35.6 Å². The van der Waals surface area contributed by atoms with Crippen molar-refractivity contribution in [2.45, 2.75) is 40.2 Å². The molecule has 1 amide bonds. The first-order chi connectivity index (χ1) is 14.6. The van der Waals surface area contributed by atoms with Crippen LogP contribution in [-0.2, 0) is 9.84 Å². The number of rotatable bonds is 4. The summed E-state index contributed by atoms with van der Waals surface area (Å²) in [5.41, 5.74) is 7.10. The molecule has 162 valence electrons. The molecule has 1 saturated heterocycles. The van der Waals surface area contributed by atoms with Crippen LogP contribution >= 0.6 is 0 Å². The number of anilines is 1. The number of carbonyl (C=O) groups excluding carboxylic acids is 1. The molecule has 7 heteroatoms. The Kier molecular flexibility index (Phi) is 5.47. The zero-order valence-corrected chi connectivity index (χ0v) is 19.1. The van der Waals surface area contributed by atoms with Gasteiger partial charge in [0.1, 0.15) is 0 Å². The Morgan fingerprint density at radius 2 is 1.71 bits per heavy atom. The summed E-state index contributed by atoms with van der Waals surface area (Å²) in [6.45, 7) is 8.04. The molecular weight excluding hydrogens is 410 g/mol. The number of benzene rings is 2. The molecule has 1 fully saturated rings. The van der Waals surface area contributed by atoms with E-state index in [-0.39, 0.29) is 29.1 Å². The van der Waals surface area contributed by atoms with E-state index in [1.807, 2.05) is 58.0 Å². The molecule has 6 nitrogen and oxygen atoms in total. The Hall–Kier alpha value is -2.93. The number of aryl methyl sites for hydroxylation is 4. The number of sulfone groups is 1. The Balaban J connectivity index is 1.73. The van der Waals surface area contributed by atoms with Crippen LogP contribution in [0.1, 0.15) is 45.2 Å². The number of hydrogen-bond donors (Lipinski definition) is 1. The predicted molar refractivity (Wildman–Crippen MR) is 123 cm³/mol. The van der Waals surface area contributed by atoms with Crippen molar-refractivity contribution in [1.82, 2.24) is 9.78 Å². The number of hydrogen-bond acceptors (Lipinski definition) is 4. The Morgan fingerprint density at radius 3 is 2.32 bits per heavy atom. The largest absolute Gasteiger partial charge is 0.321 e. The van der Waals surface area contributed by atoms with Crippen molar-refractivity contribution in [3.05, 3.63) is 70.4 Å². The molecule has 0 spiro atoms. The van der Waals surface area contributed by atoms with Crippen LogP contribution in [0.2, 0.25) is 0 Å². The van der Waals surface area contributed by atoms with Gasteiger partial charge in [0.2, 0.25) is 0 Å². The van der Waals surface area contributed by atoms with Gasteiger partial charge in [-0.3, -0.25) is 9.48 Å². The summed E-state index contributed by atoms with van der Waals surface area (Å²) < 4.78 is 25.9. The first-order valence-electron chi connectivity index (χ1n) is 10.4. The number of carbonyl (C=O) groups is 1. The highest BCUT2D eigenvalue weighted by Gasteiger charge is 2.32. The van der Waals surface area contributed by atoms with Gasteiger partial charge in [-0.2, -0.15) is 5.10 Å². The summed E-state index contributed by atoms with van der Waals surface area (Å²) in [6.07, 6.45) is 0.500. The van der Waals surface area contributed by atoms with Crippen LogP contribution in [0.25, 0.3) is 11.3 Å². The van der Waals surface area contributed by atoms with Crippen LogP contribution in [0.5, 0.6) is 0 Å². The number of nitrogens with zero attached hydrogens (tertiary/aromatic N) is 2. The molecule has 0 aliphatic carbocycles. The van der Waals surface area contributed by atoms with Gasteiger partial charge in [-0.25, -0.2) is 8.42 Å². The third-order valence-electron chi connectivity index (χ3n) is 5.80. The molecule has 3 aromatic rings. The number of amides is 1. The van der Waals surface area contributed by atoms with Crippen LogP contribution in [0.3, 0.4) is 0 Å². The van der Waals surface area contributed by atoms with Crippen LogP contribution < -0.4 is 5.32 Å². The lowest BCUT2D eigenvalue weighted by molar-refractivity contribution is 0.102. The summed E-state index contributed by atoms with van der Waals surface area (Å²) in [5.74, 6) is -0.117. The second kappa shape index (κ2) is 7.96. The summed E-state index contributed by atoms with van der Waals surface area (Å²) in [7, 11) is -3.09. The highest BCUT2D eigenvalue weighted by atomic mass is 32.2. The van der Waals surface area contributed by atoms with Crippen molar-refractivity contribution < 1.29 is 13.2 Å². The molecule has 1 N–H and O–H groups in total. The quantitative estimate of drug-likeness (QED) is 0.656. The van der Waals surface area contributed by atoms with E-state index in [0.29, 0.717) is 12.1 Å². The van der Waals surface area contributed by atoms with Crippen LogP contribution in [0.15, 0.2) is 42.5 Å². The van der Waals surface area contributed by atoms with Crippen molar-refractivity contribution in [1.29, 1.82) is 0 Å². The SMILES string of the molecule is Cc1cc(C)cc(NC(=O)c2cc(-c3ccc(C)c(C)c3)n(C3CCS(=O)(=O)C3)n2)c1. The lowest BCUT2D eigenvalue weighted by Gasteiger charge is -2.14. The summed E-state index contributed by atoms with van der Waals surface area (Å²) in [4.78, 5) is 13.0. The number of aromatic nitrogens is 2. The fraction of sp³-hybridized carbons (Fsp3) is 0.333. The van der Waals surface area contributed by atoms with Gasteiger partial charge in [0.25, 0.3) is 5.91 Å². The van der Waals surface area contributed by atoms with Gasteiger partial charge in [0.05, 0.1) is 23.2 Å². The summed E-state index contributed by atoms with van der Waals surface area (Å²) in [5, 5.41) is 7.49. The standard InChI is InChI=1S/C24H27N3O3S/c1-15-9-16(2)11-20(10-15)25-24(28)22-13-23(19-6-5-17(3)18(4)12-19)27(26-22)21-7-8-31(29,30)14-21/h5-6,9-13,21H,7-8,14H2,1-4H3,(H,25,28). The zero-order valence-electron chi connectivity index (χ0n) is 18.3. The lowest BCUT2D eigenvalue weighted by atomic mass is 10.0. The van der Waals surface area contributed by atoms with Crippen molar-refractivity contribution in [2.75, 3.05) is 16.8 Å². The molecule has 0 bridgehead atoms. The molecule has 1 aliphatic rings. The molecule has 4 rings (SSSR count). The predicted octanol–water partition coefficient (Wildman–Crippen LogP) is 4.40. The van der Waals surface area contributed by atoms with Gasteiger partial charge in [0, 0.05) is 11.3 Å². The van der Waals surface area contributed by atoms with Gasteiger partial charge in [0.15, 0.2) is 15.5 Å². The van der Waals surface area contributed by atoms with E-state index in [0.717, 1.165) is 27.9 Å². The smallest absolute Gasteiger partial charge is 0.276 e. The molecule has 1 atom stereocenters. The zero-order chi connectivity index (χ0) is 22.3. The Bertz CT molecular complexity index is 1250. The minimum absolute atomic E-state index is 0.0463. The van der Waals surface area contributed by atoms with Crippen LogP contribution in [0, 0.1) is 27.7 Å². The van der Waals surface area contributed by atoms with Gasteiger partial charge < -0.3 is 5.32 Å². The molecule has 1 aromatic heterocycles. The maximum atomic E-state index is 13.0. The minimum atomic E-state index is -3.09. The van der Waals surface area contributed by atoms with E-state index < -0.39 is 9.84 Å². The fourth-order valence-corrected chi connectivity index (χ4v) is 5.80. The second-order valence-electron chi connectivity index (χ2n) is 8.55. The number of nitrogens with one attached hydrogen (secondary N) is 1. The molecule has 1 aliphatic heterocycles. The van der Waals surface area contributed by atoms with Gasteiger partial charge in [-0.05, 0) is 80.6 Å². The van der Waals surface area contributed by atoms with E-state index >= 15 is 0 Å². The first-order valence-corrected chi connectivity index (χ1v) is 12.2. The first kappa shape index (κ1) is 21.3. The highest BCUT2D eigenvalue weighted by Crippen LogP contribution is 2.31. The average molecular weight is 438 g/mol. The monoisotopic (exact) mass is 437 g/mol. The maximum absolute atomic E-state index is 13.0. The molecule has 2 heterocycles. The molecule has 0 radical (unpaired) electrons. The molecular formula is C24H27N3O3S. The third kappa shape index (κ3) is 4.56. The second-order valence-corrected chi connectivity index (χ2v) is 10.8. The van der Waals surface area contributed by atoms with Crippen molar-refractivity contribution in [3.8, 4) is 11.3 Å². The van der Waals surface area contributed by atoms with Crippen LogP contribution in [0.4, 0.5) is 5.69 Å². The normalized spacial score (nSPS) is 17.6. The van der Waals surface area contributed by atoms with E-state index in [2.05, 4.69) is 16.5 Å².